The lowest BCUT2D eigenvalue weighted by Crippen LogP contribution is -2.46. The number of amides is 1. The summed E-state index contributed by atoms with van der Waals surface area (Å²) >= 11 is 0. The predicted octanol–water partition coefficient (Wildman–Crippen LogP) is 4.15. The number of benzene rings is 1. The Morgan fingerprint density at radius 3 is 2.47 bits per heavy atom. The number of aromatic nitrogens is 2. The van der Waals surface area contributed by atoms with E-state index >= 15 is 0 Å². The van der Waals surface area contributed by atoms with Gasteiger partial charge in [0.25, 0.3) is 5.91 Å². The summed E-state index contributed by atoms with van der Waals surface area (Å²) in [5.41, 5.74) is 0.537. The van der Waals surface area contributed by atoms with Crippen molar-refractivity contribution < 1.29 is 31.9 Å². The molecule has 10 heteroatoms. The highest BCUT2D eigenvalue weighted by atomic mass is 19.4. The number of nitrogens with zero attached hydrogens (tertiary/aromatic N) is 2. The van der Waals surface area contributed by atoms with Gasteiger partial charge in [0.15, 0.2) is 5.69 Å². The molecule has 0 aliphatic heterocycles. The summed E-state index contributed by atoms with van der Waals surface area (Å²) < 4.78 is 56.7. The predicted molar refractivity (Wildman–Crippen MR) is 106 cm³/mol. The third kappa shape index (κ3) is 4.30. The lowest BCUT2D eigenvalue weighted by Gasteiger charge is -2.41. The Kier molecular flexibility index (Phi) is 5.62. The van der Waals surface area contributed by atoms with Crippen molar-refractivity contribution in [2.45, 2.75) is 25.4 Å². The molecule has 3 aromatic rings. The van der Waals surface area contributed by atoms with Gasteiger partial charge in [-0.1, -0.05) is 12.5 Å². The topological polar surface area (TPSA) is 72.7 Å². The van der Waals surface area contributed by atoms with E-state index in [0.717, 1.165) is 6.42 Å². The van der Waals surface area contributed by atoms with Crippen LogP contribution in [0.25, 0.3) is 16.9 Å². The van der Waals surface area contributed by atoms with Gasteiger partial charge in [-0.15, -0.1) is 0 Å². The number of halogens is 4. The van der Waals surface area contributed by atoms with Gasteiger partial charge in [0.2, 0.25) is 0 Å². The Morgan fingerprint density at radius 1 is 1.12 bits per heavy atom. The molecule has 1 aromatic carbocycles. The second kappa shape index (κ2) is 8.25. The zero-order chi connectivity index (χ0) is 22.9. The van der Waals surface area contributed by atoms with Gasteiger partial charge in [0.1, 0.15) is 11.6 Å². The molecule has 1 aliphatic carbocycles. The quantitative estimate of drug-likeness (QED) is 0.454. The number of esters is 1. The monoisotopic (exact) mass is 449 g/mol. The van der Waals surface area contributed by atoms with Crippen molar-refractivity contribution in [3.05, 3.63) is 60.2 Å². The van der Waals surface area contributed by atoms with Crippen LogP contribution in [0.5, 0.6) is 0 Å². The Hall–Kier alpha value is -3.43. The van der Waals surface area contributed by atoms with Gasteiger partial charge in [-0.3, -0.25) is 9.20 Å². The number of carbonyl (C=O) groups is 2. The fraction of sp³-hybridized carbons (Fsp3) is 0.318. The van der Waals surface area contributed by atoms with Gasteiger partial charge in [-0.25, -0.2) is 14.2 Å². The van der Waals surface area contributed by atoms with E-state index in [4.69, 9.17) is 0 Å². The number of ether oxygens (including phenoxy) is 1. The number of pyridine rings is 1. The second-order valence-corrected chi connectivity index (χ2v) is 7.86. The smallest absolute Gasteiger partial charge is 0.458 e. The fourth-order valence-corrected chi connectivity index (χ4v) is 3.71. The van der Waals surface area contributed by atoms with E-state index in [1.54, 1.807) is 40.9 Å². The highest BCUT2D eigenvalue weighted by Gasteiger charge is 2.44. The molecule has 0 bridgehead atoms. The number of fused-ring (bicyclic) bond motifs is 1. The Labute approximate surface area is 180 Å². The standard InChI is InChI=1S/C22H19F4N3O3/c23-15-7-5-14(6-8-15)18-28-17(16-4-1-2-11-29(16)18)19(30)27-12-21(9-3-10-21)13-32-20(31)22(24,25)26/h1-2,4-8,11H,3,9-10,12-13H2,(H,27,30). The molecule has 0 unspecified atom stereocenters. The molecular weight excluding hydrogens is 430 g/mol. The zero-order valence-electron chi connectivity index (χ0n) is 16.8. The average Bonchev–Trinajstić information content (AvgIpc) is 3.12. The average molecular weight is 449 g/mol. The van der Waals surface area contributed by atoms with Crippen molar-refractivity contribution in [3.63, 3.8) is 0 Å². The van der Waals surface area contributed by atoms with E-state index in [1.165, 1.54) is 12.1 Å². The van der Waals surface area contributed by atoms with Crippen LogP contribution in [0.15, 0.2) is 48.7 Å². The maximum atomic E-state index is 13.3. The van der Waals surface area contributed by atoms with Crippen molar-refractivity contribution >= 4 is 17.4 Å². The molecule has 0 radical (unpaired) electrons. The number of hydrogen-bond donors (Lipinski definition) is 1. The van der Waals surface area contributed by atoms with Crippen LogP contribution in [-0.4, -0.2) is 40.6 Å². The van der Waals surface area contributed by atoms with Crippen molar-refractivity contribution in [2.24, 2.45) is 5.41 Å². The first-order valence-electron chi connectivity index (χ1n) is 9.94. The summed E-state index contributed by atoms with van der Waals surface area (Å²) in [6.45, 7) is -0.370. The summed E-state index contributed by atoms with van der Waals surface area (Å²) in [4.78, 5) is 28.4. The molecule has 168 valence electrons. The number of carbonyl (C=O) groups excluding carboxylic acids is 2. The second-order valence-electron chi connectivity index (χ2n) is 7.86. The molecule has 0 spiro atoms. The van der Waals surface area contributed by atoms with Crippen LogP contribution in [0.3, 0.4) is 0 Å². The van der Waals surface area contributed by atoms with Crippen LogP contribution in [-0.2, 0) is 9.53 Å². The lowest BCUT2D eigenvalue weighted by atomic mass is 9.69. The molecule has 1 aliphatic rings. The fourth-order valence-electron chi connectivity index (χ4n) is 3.71. The van der Waals surface area contributed by atoms with Gasteiger partial charge in [-0.2, -0.15) is 13.2 Å². The molecule has 1 fully saturated rings. The third-order valence-electron chi connectivity index (χ3n) is 5.64. The number of alkyl halides is 3. The van der Waals surface area contributed by atoms with E-state index in [-0.39, 0.29) is 12.2 Å². The zero-order valence-corrected chi connectivity index (χ0v) is 16.8. The number of rotatable bonds is 6. The number of hydrogen-bond acceptors (Lipinski definition) is 4. The normalized spacial score (nSPS) is 15.2. The molecule has 2 aromatic heterocycles. The molecule has 0 atom stereocenters. The first kappa shape index (κ1) is 21.8. The molecule has 1 amide bonds. The molecular formula is C22H19F4N3O3. The van der Waals surface area contributed by atoms with Gasteiger partial charge in [0, 0.05) is 23.7 Å². The maximum absolute atomic E-state index is 13.3. The van der Waals surface area contributed by atoms with E-state index in [0.29, 0.717) is 29.7 Å². The van der Waals surface area contributed by atoms with Gasteiger partial charge >= 0.3 is 12.1 Å². The highest BCUT2D eigenvalue weighted by molar-refractivity contribution is 6.00. The van der Waals surface area contributed by atoms with E-state index in [1.807, 2.05) is 0 Å². The summed E-state index contributed by atoms with van der Waals surface area (Å²) in [5.74, 6) is -2.69. The molecule has 2 heterocycles. The van der Waals surface area contributed by atoms with Crippen molar-refractivity contribution in [1.82, 2.24) is 14.7 Å². The van der Waals surface area contributed by atoms with Crippen LogP contribution in [0.1, 0.15) is 29.8 Å². The Bertz CT molecular complexity index is 1150. The maximum Gasteiger partial charge on any atom is 0.490 e. The SMILES string of the molecule is O=C(NCC1(COC(=O)C(F)(F)F)CCC1)c1nc(-c2ccc(F)cc2)n2ccccc12. The summed E-state index contributed by atoms with van der Waals surface area (Å²) in [5, 5.41) is 2.72. The molecule has 32 heavy (non-hydrogen) atoms. The number of imidazole rings is 1. The first-order valence-corrected chi connectivity index (χ1v) is 9.94. The van der Waals surface area contributed by atoms with Gasteiger partial charge in [-0.05, 0) is 49.2 Å². The van der Waals surface area contributed by atoms with Gasteiger partial charge in [0.05, 0.1) is 12.1 Å². The summed E-state index contributed by atoms with van der Waals surface area (Å²) in [6.07, 6.45) is -1.50. The molecule has 0 saturated heterocycles. The van der Waals surface area contributed by atoms with Crippen LogP contribution < -0.4 is 5.32 Å². The van der Waals surface area contributed by atoms with E-state index in [2.05, 4.69) is 15.0 Å². The summed E-state index contributed by atoms with van der Waals surface area (Å²) in [7, 11) is 0. The minimum absolute atomic E-state index is 0.0503. The van der Waals surface area contributed by atoms with Crippen LogP contribution in [0.2, 0.25) is 0 Å². The van der Waals surface area contributed by atoms with E-state index < -0.39 is 35.9 Å². The lowest BCUT2D eigenvalue weighted by molar-refractivity contribution is -0.204. The summed E-state index contributed by atoms with van der Waals surface area (Å²) in [6, 6.07) is 10.9. The molecule has 4 rings (SSSR count). The third-order valence-corrected chi connectivity index (χ3v) is 5.64. The highest BCUT2D eigenvalue weighted by Crippen LogP contribution is 2.41. The van der Waals surface area contributed by atoms with Crippen LogP contribution >= 0.6 is 0 Å². The molecule has 1 N–H and O–H groups in total. The van der Waals surface area contributed by atoms with Crippen LogP contribution in [0.4, 0.5) is 17.6 Å². The Morgan fingerprint density at radius 2 is 1.84 bits per heavy atom. The van der Waals surface area contributed by atoms with Crippen LogP contribution in [0, 0.1) is 11.2 Å². The number of nitrogens with one attached hydrogen (secondary N) is 1. The molecule has 6 nitrogen and oxygen atoms in total. The molecule has 1 saturated carbocycles. The minimum Gasteiger partial charge on any atom is -0.458 e. The van der Waals surface area contributed by atoms with E-state index in [9.17, 15) is 27.2 Å². The Balaban J connectivity index is 1.52. The minimum atomic E-state index is -5.06. The largest absolute Gasteiger partial charge is 0.490 e. The van der Waals surface area contributed by atoms with Crippen molar-refractivity contribution in [3.8, 4) is 11.4 Å². The van der Waals surface area contributed by atoms with Crippen molar-refractivity contribution in [2.75, 3.05) is 13.2 Å². The van der Waals surface area contributed by atoms with Crippen molar-refractivity contribution in [1.29, 1.82) is 0 Å². The first-order chi connectivity index (χ1) is 15.2. The van der Waals surface area contributed by atoms with Gasteiger partial charge < -0.3 is 10.1 Å².